The van der Waals surface area contributed by atoms with Gasteiger partial charge < -0.3 is 4.57 Å². The van der Waals surface area contributed by atoms with E-state index in [-0.39, 0.29) is 11.7 Å². The first kappa shape index (κ1) is 8.96. The summed E-state index contributed by atoms with van der Waals surface area (Å²) >= 11 is 5.64. The second-order valence-corrected chi connectivity index (χ2v) is 3.00. The number of hydrogen-bond acceptors (Lipinski definition) is 3. The molecule has 5 nitrogen and oxygen atoms in total. The second-order valence-electron chi connectivity index (χ2n) is 2.76. The van der Waals surface area contributed by atoms with Gasteiger partial charge in [-0.1, -0.05) is 0 Å². The van der Waals surface area contributed by atoms with Gasteiger partial charge in [-0.25, -0.2) is 4.98 Å². The highest BCUT2D eigenvalue weighted by molar-refractivity contribution is 6.15. The molecule has 14 heavy (non-hydrogen) atoms. The number of aromatic nitrogens is 2. The van der Waals surface area contributed by atoms with Crippen LogP contribution in [0.15, 0.2) is 24.5 Å². The van der Waals surface area contributed by atoms with Crippen molar-refractivity contribution in [2.24, 2.45) is 0 Å². The maximum absolute atomic E-state index is 10.5. The van der Waals surface area contributed by atoms with Crippen molar-refractivity contribution in [3.63, 3.8) is 0 Å². The lowest BCUT2D eigenvalue weighted by Crippen LogP contribution is -1.90. The van der Waals surface area contributed by atoms with E-state index in [1.54, 1.807) is 17.0 Å². The Kier molecular flexibility index (Phi) is 2.09. The van der Waals surface area contributed by atoms with Crippen LogP contribution in [0.3, 0.4) is 0 Å². The predicted octanol–water partition coefficient (Wildman–Crippen LogP) is 2.14. The average molecular weight is 212 g/mol. The molecule has 0 unspecified atom stereocenters. The zero-order valence-electron chi connectivity index (χ0n) is 7.05. The fourth-order valence-electron chi connectivity index (χ4n) is 1.26. The Labute approximate surface area is 84.1 Å². The van der Waals surface area contributed by atoms with E-state index in [1.165, 1.54) is 12.1 Å². The van der Waals surface area contributed by atoms with E-state index in [1.807, 2.05) is 0 Å². The van der Waals surface area contributed by atoms with Crippen LogP contribution in [0, 0.1) is 10.1 Å². The van der Waals surface area contributed by atoms with Gasteiger partial charge in [-0.2, -0.15) is 0 Å². The van der Waals surface area contributed by atoms with Crippen molar-refractivity contribution in [3.8, 4) is 0 Å². The molecule has 0 radical (unpaired) electrons. The standard InChI is InChI=1S/C8H6ClN3O2/c9-4-11-5-10-7-3-6(12(13)14)1-2-8(7)11/h1-3,5H,4H2. The third-order valence-electron chi connectivity index (χ3n) is 1.94. The molecule has 0 amide bonds. The van der Waals surface area contributed by atoms with Gasteiger partial charge in [0.2, 0.25) is 0 Å². The fraction of sp³-hybridized carbons (Fsp3) is 0.125. The van der Waals surface area contributed by atoms with Crippen molar-refractivity contribution in [3.05, 3.63) is 34.6 Å². The number of non-ortho nitro benzene ring substituents is 1. The lowest BCUT2D eigenvalue weighted by Gasteiger charge is -1.96. The van der Waals surface area contributed by atoms with Gasteiger partial charge in [-0.15, -0.1) is 11.6 Å². The quantitative estimate of drug-likeness (QED) is 0.434. The number of nitro groups is 1. The van der Waals surface area contributed by atoms with Crippen molar-refractivity contribution >= 4 is 28.3 Å². The average Bonchev–Trinajstić information content (AvgIpc) is 2.59. The number of nitrogens with zero attached hydrogens (tertiary/aromatic N) is 3. The SMILES string of the molecule is O=[N+]([O-])c1ccc2c(c1)ncn2CCl. The van der Waals surface area contributed by atoms with Crippen LogP contribution >= 0.6 is 11.6 Å². The fourth-order valence-corrected chi connectivity index (χ4v) is 1.45. The van der Waals surface area contributed by atoms with Crippen molar-refractivity contribution in [1.82, 2.24) is 9.55 Å². The molecule has 0 aliphatic heterocycles. The first-order valence-corrected chi connectivity index (χ1v) is 4.41. The summed E-state index contributed by atoms with van der Waals surface area (Å²) in [5, 5.41) is 10.5. The number of halogens is 1. The summed E-state index contributed by atoms with van der Waals surface area (Å²) < 4.78 is 1.71. The number of hydrogen-bond donors (Lipinski definition) is 0. The third kappa shape index (κ3) is 1.31. The molecule has 1 aromatic heterocycles. The zero-order valence-corrected chi connectivity index (χ0v) is 7.81. The van der Waals surface area contributed by atoms with Crippen LogP contribution in [0.5, 0.6) is 0 Å². The van der Waals surface area contributed by atoms with Crippen LogP contribution in [0.1, 0.15) is 0 Å². The van der Waals surface area contributed by atoms with E-state index in [0.29, 0.717) is 5.52 Å². The second kappa shape index (κ2) is 3.26. The Hall–Kier alpha value is -1.62. The van der Waals surface area contributed by atoms with E-state index in [2.05, 4.69) is 4.98 Å². The van der Waals surface area contributed by atoms with Crippen molar-refractivity contribution in [2.75, 3.05) is 0 Å². The van der Waals surface area contributed by atoms with Crippen LogP contribution in [0.2, 0.25) is 0 Å². The van der Waals surface area contributed by atoms with Crippen molar-refractivity contribution < 1.29 is 4.92 Å². The highest BCUT2D eigenvalue weighted by Gasteiger charge is 2.08. The molecule has 2 rings (SSSR count). The highest BCUT2D eigenvalue weighted by Crippen LogP contribution is 2.19. The molecule has 0 N–H and O–H groups in total. The molecule has 0 aliphatic carbocycles. The Morgan fingerprint density at radius 2 is 2.36 bits per heavy atom. The van der Waals surface area contributed by atoms with Crippen molar-refractivity contribution in [1.29, 1.82) is 0 Å². The van der Waals surface area contributed by atoms with Crippen molar-refractivity contribution in [2.45, 2.75) is 6.00 Å². The van der Waals surface area contributed by atoms with Gasteiger partial charge in [-0.05, 0) is 6.07 Å². The van der Waals surface area contributed by atoms with E-state index >= 15 is 0 Å². The Balaban J connectivity index is 2.63. The maximum atomic E-state index is 10.5. The van der Waals surface area contributed by atoms with Gasteiger partial charge in [0, 0.05) is 12.1 Å². The monoisotopic (exact) mass is 211 g/mol. The number of benzene rings is 1. The normalized spacial score (nSPS) is 10.6. The van der Waals surface area contributed by atoms with Gasteiger partial charge in [0.05, 0.1) is 28.3 Å². The lowest BCUT2D eigenvalue weighted by atomic mass is 10.3. The Morgan fingerprint density at radius 1 is 1.57 bits per heavy atom. The summed E-state index contributed by atoms with van der Waals surface area (Å²) in [6.07, 6.45) is 1.56. The molecule has 0 saturated heterocycles. The molecule has 0 saturated carbocycles. The number of rotatable bonds is 2. The summed E-state index contributed by atoms with van der Waals surface area (Å²) in [7, 11) is 0. The first-order chi connectivity index (χ1) is 6.72. The van der Waals surface area contributed by atoms with E-state index in [0.717, 1.165) is 5.52 Å². The molecular weight excluding hydrogens is 206 g/mol. The van der Waals surface area contributed by atoms with E-state index in [4.69, 9.17) is 11.6 Å². The number of alkyl halides is 1. The maximum Gasteiger partial charge on any atom is 0.271 e. The summed E-state index contributed by atoms with van der Waals surface area (Å²) in [6.45, 7) is 0. The zero-order chi connectivity index (χ0) is 10.1. The molecule has 0 atom stereocenters. The smallest absolute Gasteiger partial charge is 0.271 e. The van der Waals surface area contributed by atoms with E-state index in [9.17, 15) is 10.1 Å². The minimum atomic E-state index is -0.445. The minimum absolute atomic E-state index is 0.0392. The topological polar surface area (TPSA) is 61.0 Å². The molecule has 1 heterocycles. The molecule has 72 valence electrons. The molecular formula is C8H6ClN3O2. The van der Waals surface area contributed by atoms with Gasteiger partial charge in [-0.3, -0.25) is 10.1 Å². The van der Waals surface area contributed by atoms with Crippen LogP contribution in [0.25, 0.3) is 11.0 Å². The summed E-state index contributed by atoms with van der Waals surface area (Å²) in [4.78, 5) is 14.0. The molecule has 0 spiro atoms. The van der Waals surface area contributed by atoms with Crippen LogP contribution in [-0.2, 0) is 6.00 Å². The largest absolute Gasteiger partial charge is 0.316 e. The molecule has 0 bridgehead atoms. The minimum Gasteiger partial charge on any atom is -0.316 e. The molecule has 6 heteroatoms. The van der Waals surface area contributed by atoms with Gasteiger partial charge in [0.1, 0.15) is 0 Å². The summed E-state index contributed by atoms with van der Waals surface area (Å²) in [5.41, 5.74) is 1.42. The van der Waals surface area contributed by atoms with Gasteiger partial charge in [0.15, 0.2) is 0 Å². The summed E-state index contributed by atoms with van der Waals surface area (Å²) in [5.74, 6) is 0. The molecule has 0 aliphatic rings. The van der Waals surface area contributed by atoms with Crippen LogP contribution in [0.4, 0.5) is 5.69 Å². The molecule has 0 fully saturated rings. The first-order valence-electron chi connectivity index (χ1n) is 3.87. The Bertz CT molecular complexity index is 494. The molecule has 1 aromatic carbocycles. The predicted molar refractivity (Wildman–Crippen MR) is 52.2 cm³/mol. The Morgan fingerprint density at radius 3 is 3.00 bits per heavy atom. The van der Waals surface area contributed by atoms with Crippen LogP contribution in [-0.4, -0.2) is 14.5 Å². The van der Waals surface area contributed by atoms with Gasteiger partial charge >= 0.3 is 0 Å². The molecule has 2 aromatic rings. The lowest BCUT2D eigenvalue weighted by molar-refractivity contribution is -0.384. The number of imidazole rings is 1. The third-order valence-corrected chi connectivity index (χ3v) is 2.20. The highest BCUT2D eigenvalue weighted by atomic mass is 35.5. The van der Waals surface area contributed by atoms with Gasteiger partial charge in [0.25, 0.3) is 5.69 Å². The van der Waals surface area contributed by atoms with E-state index < -0.39 is 4.92 Å². The summed E-state index contributed by atoms with van der Waals surface area (Å²) in [6, 6.07) is 4.79. The van der Waals surface area contributed by atoms with Crippen LogP contribution < -0.4 is 0 Å². The number of nitro benzene ring substituents is 1. The number of fused-ring (bicyclic) bond motifs is 1.